The predicted octanol–water partition coefficient (Wildman–Crippen LogP) is 1.81. The number of hydrogen-bond donors (Lipinski definition) is 3. The van der Waals surface area contributed by atoms with Crippen molar-refractivity contribution in [2.45, 2.75) is 26.8 Å². The highest BCUT2D eigenvalue weighted by Crippen LogP contribution is 2.18. The van der Waals surface area contributed by atoms with Crippen molar-refractivity contribution in [2.75, 3.05) is 13.1 Å². The summed E-state index contributed by atoms with van der Waals surface area (Å²) in [5, 5.41) is 15.5. The van der Waals surface area contributed by atoms with Gasteiger partial charge in [0.05, 0.1) is 6.04 Å². The van der Waals surface area contributed by atoms with E-state index in [9.17, 15) is 9.90 Å². The third-order valence-electron chi connectivity index (χ3n) is 2.88. The SMILES string of the molecule is CCNCC(C)C(=O)NC(C)c1cccc(O)c1. The quantitative estimate of drug-likeness (QED) is 0.721. The molecule has 0 bridgehead atoms. The van der Waals surface area contributed by atoms with Crippen LogP contribution < -0.4 is 10.6 Å². The van der Waals surface area contributed by atoms with Crippen LogP contribution in [0.5, 0.6) is 5.75 Å². The minimum Gasteiger partial charge on any atom is -0.508 e. The number of hydrogen-bond acceptors (Lipinski definition) is 3. The summed E-state index contributed by atoms with van der Waals surface area (Å²) in [6.45, 7) is 7.36. The molecule has 0 saturated carbocycles. The van der Waals surface area contributed by atoms with E-state index in [1.54, 1.807) is 18.2 Å². The fourth-order valence-electron chi connectivity index (χ4n) is 1.69. The number of aromatic hydroxyl groups is 1. The van der Waals surface area contributed by atoms with Gasteiger partial charge >= 0.3 is 0 Å². The van der Waals surface area contributed by atoms with E-state index in [0.29, 0.717) is 6.54 Å². The minimum absolute atomic E-state index is 0.0202. The van der Waals surface area contributed by atoms with Gasteiger partial charge in [-0.1, -0.05) is 26.0 Å². The van der Waals surface area contributed by atoms with Gasteiger partial charge in [-0.15, -0.1) is 0 Å². The fraction of sp³-hybridized carbons (Fsp3) is 0.500. The summed E-state index contributed by atoms with van der Waals surface area (Å²) in [5.74, 6) is 0.172. The summed E-state index contributed by atoms with van der Waals surface area (Å²) in [6, 6.07) is 6.84. The molecule has 1 rings (SSSR count). The molecule has 18 heavy (non-hydrogen) atoms. The van der Waals surface area contributed by atoms with Gasteiger partial charge in [0.15, 0.2) is 0 Å². The van der Waals surface area contributed by atoms with Crippen molar-refractivity contribution in [3.8, 4) is 5.75 Å². The van der Waals surface area contributed by atoms with E-state index in [-0.39, 0.29) is 23.6 Å². The molecule has 1 aromatic rings. The van der Waals surface area contributed by atoms with Crippen LogP contribution in [0.1, 0.15) is 32.4 Å². The molecule has 0 aliphatic carbocycles. The Morgan fingerprint density at radius 2 is 2.11 bits per heavy atom. The van der Waals surface area contributed by atoms with Crippen LogP contribution in [-0.4, -0.2) is 24.1 Å². The van der Waals surface area contributed by atoms with Crippen molar-refractivity contribution >= 4 is 5.91 Å². The number of phenols is 1. The van der Waals surface area contributed by atoms with Gasteiger partial charge in [-0.3, -0.25) is 4.79 Å². The number of carbonyl (C=O) groups is 1. The van der Waals surface area contributed by atoms with Crippen LogP contribution in [0.15, 0.2) is 24.3 Å². The van der Waals surface area contributed by atoms with Crippen LogP contribution in [0.2, 0.25) is 0 Å². The monoisotopic (exact) mass is 250 g/mol. The molecule has 0 aliphatic heterocycles. The van der Waals surface area contributed by atoms with E-state index in [0.717, 1.165) is 12.1 Å². The zero-order chi connectivity index (χ0) is 13.5. The Balaban J connectivity index is 2.54. The highest BCUT2D eigenvalue weighted by molar-refractivity contribution is 5.78. The van der Waals surface area contributed by atoms with Gasteiger partial charge < -0.3 is 15.7 Å². The number of carbonyl (C=O) groups excluding carboxylic acids is 1. The third kappa shape index (κ3) is 4.37. The lowest BCUT2D eigenvalue weighted by atomic mass is 10.1. The number of amides is 1. The van der Waals surface area contributed by atoms with Crippen LogP contribution in [0.25, 0.3) is 0 Å². The smallest absolute Gasteiger partial charge is 0.224 e. The molecule has 100 valence electrons. The van der Waals surface area contributed by atoms with Gasteiger partial charge in [0.25, 0.3) is 0 Å². The van der Waals surface area contributed by atoms with E-state index in [2.05, 4.69) is 10.6 Å². The molecule has 2 unspecified atom stereocenters. The Labute approximate surface area is 108 Å². The summed E-state index contributed by atoms with van der Waals surface area (Å²) in [5.41, 5.74) is 0.902. The lowest BCUT2D eigenvalue weighted by Crippen LogP contribution is -2.36. The summed E-state index contributed by atoms with van der Waals surface area (Å²) in [7, 11) is 0. The number of rotatable bonds is 6. The van der Waals surface area contributed by atoms with Gasteiger partial charge in [0.1, 0.15) is 5.75 Å². The molecule has 0 heterocycles. The predicted molar refractivity (Wildman–Crippen MR) is 72.4 cm³/mol. The van der Waals surface area contributed by atoms with Gasteiger partial charge in [-0.25, -0.2) is 0 Å². The Hall–Kier alpha value is -1.55. The lowest BCUT2D eigenvalue weighted by molar-refractivity contribution is -0.125. The molecule has 0 aromatic heterocycles. The molecule has 0 aliphatic rings. The Bertz CT molecular complexity index is 393. The summed E-state index contributed by atoms with van der Waals surface area (Å²) in [6.07, 6.45) is 0. The molecule has 1 aromatic carbocycles. The first-order valence-corrected chi connectivity index (χ1v) is 6.34. The molecule has 0 saturated heterocycles. The number of nitrogens with one attached hydrogen (secondary N) is 2. The molecule has 0 spiro atoms. The molecular weight excluding hydrogens is 228 g/mol. The normalized spacial score (nSPS) is 13.9. The van der Waals surface area contributed by atoms with Crippen LogP contribution in [0.4, 0.5) is 0 Å². The second-order valence-corrected chi connectivity index (χ2v) is 4.53. The van der Waals surface area contributed by atoms with Gasteiger partial charge in [-0.05, 0) is 31.2 Å². The van der Waals surface area contributed by atoms with Crippen molar-refractivity contribution in [2.24, 2.45) is 5.92 Å². The maximum atomic E-state index is 11.9. The maximum Gasteiger partial charge on any atom is 0.224 e. The van der Waals surface area contributed by atoms with Crippen molar-refractivity contribution in [1.29, 1.82) is 0 Å². The van der Waals surface area contributed by atoms with Gasteiger partial charge in [0, 0.05) is 12.5 Å². The molecule has 4 heteroatoms. The highest BCUT2D eigenvalue weighted by atomic mass is 16.3. The van der Waals surface area contributed by atoms with Gasteiger partial charge in [0.2, 0.25) is 5.91 Å². The summed E-state index contributed by atoms with van der Waals surface area (Å²) >= 11 is 0. The van der Waals surface area contributed by atoms with Crippen LogP contribution in [-0.2, 0) is 4.79 Å². The second-order valence-electron chi connectivity index (χ2n) is 4.53. The standard InChI is InChI=1S/C14H22N2O2/c1-4-15-9-10(2)14(18)16-11(3)12-6-5-7-13(17)8-12/h5-8,10-11,15,17H,4,9H2,1-3H3,(H,16,18). The average Bonchev–Trinajstić information content (AvgIpc) is 2.35. The van der Waals surface area contributed by atoms with E-state index in [1.807, 2.05) is 26.8 Å². The topological polar surface area (TPSA) is 61.4 Å². The first-order chi connectivity index (χ1) is 8.54. The molecule has 4 nitrogen and oxygen atoms in total. The largest absolute Gasteiger partial charge is 0.508 e. The first kappa shape index (κ1) is 14.5. The van der Waals surface area contributed by atoms with Crippen molar-refractivity contribution in [3.63, 3.8) is 0 Å². The van der Waals surface area contributed by atoms with E-state index < -0.39 is 0 Å². The van der Waals surface area contributed by atoms with E-state index in [1.165, 1.54) is 0 Å². The van der Waals surface area contributed by atoms with Crippen molar-refractivity contribution < 1.29 is 9.90 Å². The Morgan fingerprint density at radius 1 is 1.39 bits per heavy atom. The average molecular weight is 250 g/mol. The molecule has 0 fully saturated rings. The minimum atomic E-state index is -0.103. The molecule has 1 amide bonds. The van der Waals surface area contributed by atoms with Crippen molar-refractivity contribution in [1.82, 2.24) is 10.6 Å². The molecule has 0 radical (unpaired) electrons. The highest BCUT2D eigenvalue weighted by Gasteiger charge is 2.15. The van der Waals surface area contributed by atoms with Crippen LogP contribution in [0, 0.1) is 5.92 Å². The Morgan fingerprint density at radius 3 is 2.72 bits per heavy atom. The zero-order valence-corrected chi connectivity index (χ0v) is 11.2. The molecule has 2 atom stereocenters. The lowest BCUT2D eigenvalue weighted by Gasteiger charge is -2.18. The van der Waals surface area contributed by atoms with Crippen LogP contribution in [0.3, 0.4) is 0 Å². The third-order valence-corrected chi connectivity index (χ3v) is 2.88. The van der Waals surface area contributed by atoms with Crippen LogP contribution >= 0.6 is 0 Å². The zero-order valence-electron chi connectivity index (χ0n) is 11.2. The maximum absolute atomic E-state index is 11.9. The number of phenolic OH excluding ortho intramolecular Hbond substituents is 1. The molecular formula is C14H22N2O2. The number of benzene rings is 1. The van der Waals surface area contributed by atoms with Crippen molar-refractivity contribution in [3.05, 3.63) is 29.8 Å². The Kier molecular flexibility index (Phi) is 5.65. The summed E-state index contributed by atoms with van der Waals surface area (Å²) in [4.78, 5) is 11.9. The molecule has 3 N–H and O–H groups in total. The van der Waals surface area contributed by atoms with E-state index in [4.69, 9.17) is 0 Å². The fourth-order valence-corrected chi connectivity index (χ4v) is 1.69. The van der Waals surface area contributed by atoms with Gasteiger partial charge in [-0.2, -0.15) is 0 Å². The van der Waals surface area contributed by atoms with E-state index >= 15 is 0 Å². The second kappa shape index (κ2) is 7.01. The first-order valence-electron chi connectivity index (χ1n) is 6.34. The summed E-state index contributed by atoms with van der Waals surface area (Å²) < 4.78 is 0.